The van der Waals surface area contributed by atoms with Crippen LogP contribution in [0.25, 0.3) is 0 Å². The van der Waals surface area contributed by atoms with Crippen molar-refractivity contribution in [2.45, 2.75) is 6.42 Å². The van der Waals surface area contributed by atoms with Gasteiger partial charge in [-0.1, -0.05) is 18.2 Å². The van der Waals surface area contributed by atoms with Crippen LogP contribution in [0.1, 0.15) is 11.1 Å². The third-order valence-electron chi connectivity index (χ3n) is 5.34. The number of amides is 1. The summed E-state index contributed by atoms with van der Waals surface area (Å²) in [5.74, 6) is -0.265. The number of nitriles is 1. The molecule has 138 valence electrons. The molecule has 0 aliphatic carbocycles. The lowest BCUT2D eigenvalue weighted by molar-refractivity contribution is -0.119. The van der Waals surface area contributed by atoms with Crippen LogP contribution in [0.2, 0.25) is 0 Å². The van der Waals surface area contributed by atoms with E-state index in [0.717, 1.165) is 37.4 Å². The second kappa shape index (κ2) is 7.37. The van der Waals surface area contributed by atoms with Gasteiger partial charge in [0.15, 0.2) is 0 Å². The van der Waals surface area contributed by atoms with E-state index in [1.54, 1.807) is 6.07 Å². The van der Waals surface area contributed by atoms with Gasteiger partial charge in [-0.25, -0.2) is 4.39 Å². The molecular weight excluding hydrogens is 343 g/mol. The van der Waals surface area contributed by atoms with Crippen molar-refractivity contribution >= 4 is 17.3 Å². The average molecular weight is 364 g/mol. The molecule has 0 radical (unpaired) electrons. The van der Waals surface area contributed by atoms with Crippen LogP contribution in [0.5, 0.6) is 0 Å². The molecule has 2 aliphatic rings. The molecule has 0 spiro atoms. The van der Waals surface area contributed by atoms with E-state index in [9.17, 15) is 14.4 Å². The first-order valence-electron chi connectivity index (χ1n) is 9.21. The lowest BCUT2D eigenvalue weighted by Gasteiger charge is -2.36. The smallest absolute Gasteiger partial charge is 0.241 e. The Bertz CT molecular complexity index is 899. The minimum atomic E-state index is -0.398. The zero-order chi connectivity index (χ0) is 18.8. The molecule has 2 heterocycles. The van der Waals surface area contributed by atoms with Crippen LogP contribution >= 0.6 is 0 Å². The number of benzene rings is 2. The fraction of sp³-hybridized carbons (Fsp3) is 0.333. The summed E-state index contributed by atoms with van der Waals surface area (Å²) in [7, 11) is 0. The second-order valence-corrected chi connectivity index (χ2v) is 6.96. The molecule has 0 N–H and O–H groups in total. The Morgan fingerprint density at radius 1 is 1.04 bits per heavy atom. The topological polar surface area (TPSA) is 50.6 Å². The molecule has 0 atom stereocenters. The Labute approximate surface area is 158 Å². The van der Waals surface area contributed by atoms with E-state index in [0.29, 0.717) is 25.2 Å². The van der Waals surface area contributed by atoms with Crippen molar-refractivity contribution in [2.24, 2.45) is 0 Å². The number of piperazine rings is 1. The van der Waals surface area contributed by atoms with E-state index >= 15 is 0 Å². The molecule has 27 heavy (non-hydrogen) atoms. The summed E-state index contributed by atoms with van der Waals surface area (Å²) in [5, 5.41) is 9.24. The average Bonchev–Trinajstić information content (AvgIpc) is 3.13. The highest BCUT2D eigenvalue weighted by Crippen LogP contribution is 2.28. The highest BCUT2D eigenvalue weighted by Gasteiger charge is 2.27. The van der Waals surface area contributed by atoms with E-state index in [4.69, 9.17) is 0 Å². The standard InChI is InChI=1S/C21H21FN4O/c22-18-5-6-19(17(13-18)14-23)25-11-9-24(10-12-25)15-21(27)26-8-7-16-3-1-2-4-20(16)26/h1-6,13H,7-12,15H2. The number of hydrogen-bond acceptors (Lipinski definition) is 4. The van der Waals surface area contributed by atoms with Crippen LogP contribution in [0.3, 0.4) is 0 Å². The minimum absolute atomic E-state index is 0.132. The van der Waals surface area contributed by atoms with Gasteiger partial charge in [-0.3, -0.25) is 9.69 Å². The van der Waals surface area contributed by atoms with Crippen molar-refractivity contribution in [3.05, 3.63) is 59.4 Å². The molecule has 2 aromatic carbocycles. The maximum atomic E-state index is 13.3. The summed E-state index contributed by atoms with van der Waals surface area (Å²) >= 11 is 0. The number of hydrogen-bond donors (Lipinski definition) is 0. The first-order chi connectivity index (χ1) is 13.2. The van der Waals surface area contributed by atoms with Crippen LogP contribution in [0.15, 0.2) is 42.5 Å². The van der Waals surface area contributed by atoms with E-state index in [-0.39, 0.29) is 5.91 Å². The Kier molecular flexibility index (Phi) is 4.78. The van der Waals surface area contributed by atoms with Crippen molar-refractivity contribution < 1.29 is 9.18 Å². The van der Waals surface area contributed by atoms with Crippen LogP contribution in [-0.2, 0) is 11.2 Å². The van der Waals surface area contributed by atoms with Crippen LogP contribution < -0.4 is 9.80 Å². The quantitative estimate of drug-likeness (QED) is 0.839. The molecular formula is C21H21FN4O. The van der Waals surface area contributed by atoms with E-state index < -0.39 is 5.82 Å². The maximum Gasteiger partial charge on any atom is 0.241 e. The molecule has 4 rings (SSSR count). The highest BCUT2D eigenvalue weighted by atomic mass is 19.1. The van der Waals surface area contributed by atoms with Gasteiger partial charge in [-0.05, 0) is 36.2 Å². The summed E-state index contributed by atoms with van der Waals surface area (Å²) in [6.07, 6.45) is 0.914. The first kappa shape index (κ1) is 17.5. The highest BCUT2D eigenvalue weighted by molar-refractivity contribution is 5.96. The SMILES string of the molecule is N#Cc1cc(F)ccc1N1CCN(CC(=O)N2CCc3ccccc32)CC1. The lowest BCUT2D eigenvalue weighted by atomic mass is 10.1. The summed E-state index contributed by atoms with van der Waals surface area (Å²) in [5.41, 5.74) is 3.38. The second-order valence-electron chi connectivity index (χ2n) is 6.96. The number of carbonyl (C=O) groups excluding carboxylic acids is 1. The number of nitrogens with zero attached hydrogens (tertiary/aromatic N) is 4. The number of rotatable bonds is 3. The Morgan fingerprint density at radius 3 is 2.59 bits per heavy atom. The molecule has 2 aromatic rings. The normalized spacial score (nSPS) is 16.9. The van der Waals surface area contributed by atoms with Gasteiger partial charge in [0.2, 0.25) is 5.91 Å². The maximum absolute atomic E-state index is 13.3. The van der Waals surface area contributed by atoms with Gasteiger partial charge in [-0.15, -0.1) is 0 Å². The first-order valence-corrected chi connectivity index (χ1v) is 9.21. The zero-order valence-corrected chi connectivity index (χ0v) is 15.1. The van der Waals surface area contributed by atoms with E-state index in [1.807, 2.05) is 23.1 Å². The largest absolute Gasteiger partial charge is 0.368 e. The van der Waals surface area contributed by atoms with Gasteiger partial charge in [0, 0.05) is 38.4 Å². The fourth-order valence-electron chi connectivity index (χ4n) is 3.89. The number of fused-ring (bicyclic) bond motifs is 1. The van der Waals surface area contributed by atoms with E-state index in [2.05, 4.69) is 21.9 Å². The lowest BCUT2D eigenvalue weighted by Crippen LogP contribution is -2.50. The molecule has 0 aromatic heterocycles. The van der Waals surface area contributed by atoms with Crippen molar-refractivity contribution in [3.63, 3.8) is 0 Å². The van der Waals surface area contributed by atoms with Crippen molar-refractivity contribution in [1.29, 1.82) is 5.26 Å². The van der Waals surface area contributed by atoms with Gasteiger partial charge in [0.1, 0.15) is 11.9 Å². The Balaban J connectivity index is 1.37. The Morgan fingerprint density at radius 2 is 1.81 bits per heavy atom. The van der Waals surface area contributed by atoms with Crippen LogP contribution in [-0.4, -0.2) is 50.1 Å². The zero-order valence-electron chi connectivity index (χ0n) is 15.1. The summed E-state index contributed by atoms with van der Waals surface area (Å²) in [4.78, 5) is 18.9. The van der Waals surface area contributed by atoms with Crippen molar-refractivity contribution in [3.8, 4) is 6.07 Å². The number of halogens is 1. The molecule has 1 fully saturated rings. The van der Waals surface area contributed by atoms with Gasteiger partial charge < -0.3 is 9.80 Å². The van der Waals surface area contributed by atoms with Crippen LogP contribution in [0, 0.1) is 17.1 Å². The summed E-state index contributed by atoms with van der Waals surface area (Å²) in [6, 6.07) is 14.5. The molecule has 1 saturated heterocycles. The summed E-state index contributed by atoms with van der Waals surface area (Å²) < 4.78 is 13.3. The molecule has 0 unspecified atom stereocenters. The van der Waals surface area contributed by atoms with Crippen molar-refractivity contribution in [1.82, 2.24) is 4.90 Å². The third-order valence-corrected chi connectivity index (χ3v) is 5.34. The van der Waals surface area contributed by atoms with Gasteiger partial charge >= 0.3 is 0 Å². The fourth-order valence-corrected chi connectivity index (χ4v) is 3.89. The Hall–Kier alpha value is -2.91. The van der Waals surface area contributed by atoms with Gasteiger partial charge in [0.25, 0.3) is 0 Å². The number of para-hydroxylation sites is 1. The minimum Gasteiger partial charge on any atom is -0.368 e. The van der Waals surface area contributed by atoms with E-state index in [1.165, 1.54) is 17.7 Å². The molecule has 5 nitrogen and oxygen atoms in total. The monoisotopic (exact) mass is 364 g/mol. The molecule has 2 aliphatic heterocycles. The molecule has 0 saturated carbocycles. The van der Waals surface area contributed by atoms with Crippen LogP contribution in [0.4, 0.5) is 15.8 Å². The van der Waals surface area contributed by atoms with Crippen molar-refractivity contribution in [2.75, 3.05) is 49.1 Å². The third kappa shape index (κ3) is 3.51. The number of carbonyl (C=O) groups is 1. The van der Waals surface area contributed by atoms with Gasteiger partial charge in [0.05, 0.1) is 17.8 Å². The molecule has 0 bridgehead atoms. The molecule has 6 heteroatoms. The van der Waals surface area contributed by atoms with Gasteiger partial charge in [-0.2, -0.15) is 5.26 Å². The summed E-state index contributed by atoms with van der Waals surface area (Å²) in [6.45, 7) is 4.05. The predicted molar refractivity (Wildman–Crippen MR) is 102 cm³/mol. The predicted octanol–water partition coefficient (Wildman–Crippen LogP) is 2.41. The number of anilines is 2. The molecule has 1 amide bonds.